The smallest absolute Gasteiger partial charge is 0.123 e. The summed E-state index contributed by atoms with van der Waals surface area (Å²) in [6, 6.07) is 6.02. The van der Waals surface area contributed by atoms with Crippen LogP contribution in [0.4, 0.5) is 4.39 Å². The topological polar surface area (TPSA) is 43.8 Å². The zero-order chi connectivity index (χ0) is 11.7. The van der Waals surface area contributed by atoms with Gasteiger partial charge in [-0.25, -0.2) is 4.39 Å². The Bertz CT molecular complexity index is 505. The quantitative estimate of drug-likeness (QED) is 0.838. The highest BCUT2D eigenvalue weighted by Crippen LogP contribution is 2.22. The molecule has 1 aromatic heterocycles. The third-order valence-electron chi connectivity index (χ3n) is 2.59. The van der Waals surface area contributed by atoms with Crippen LogP contribution in [0.5, 0.6) is 0 Å². The van der Waals surface area contributed by atoms with Crippen LogP contribution >= 0.6 is 0 Å². The first kappa shape index (κ1) is 10.8. The van der Waals surface area contributed by atoms with Gasteiger partial charge >= 0.3 is 0 Å². The lowest BCUT2D eigenvalue weighted by Gasteiger charge is -2.10. The molecule has 3 nitrogen and oxygen atoms in total. The second-order valence-electron chi connectivity index (χ2n) is 3.88. The summed E-state index contributed by atoms with van der Waals surface area (Å²) < 4.78 is 14.8. The predicted molar refractivity (Wildman–Crippen MR) is 60.4 cm³/mol. The van der Waals surface area contributed by atoms with Crippen molar-refractivity contribution in [2.45, 2.75) is 13.0 Å². The predicted octanol–water partition coefficient (Wildman–Crippen LogP) is 1.92. The molecule has 2 aromatic rings. The van der Waals surface area contributed by atoms with Gasteiger partial charge in [-0.3, -0.25) is 4.68 Å². The highest BCUT2D eigenvalue weighted by Gasteiger charge is 2.14. The fourth-order valence-electron chi connectivity index (χ4n) is 1.80. The van der Waals surface area contributed by atoms with Gasteiger partial charge in [-0.05, 0) is 24.6 Å². The Kier molecular flexibility index (Phi) is 2.75. The fraction of sp³-hybridized carbons (Fsp3) is 0.250. The van der Waals surface area contributed by atoms with Crippen LogP contribution in [0.2, 0.25) is 0 Å². The molecule has 1 aromatic carbocycles. The number of halogens is 1. The van der Waals surface area contributed by atoms with E-state index < -0.39 is 0 Å². The highest BCUT2D eigenvalue weighted by atomic mass is 19.1. The van der Waals surface area contributed by atoms with Crippen molar-refractivity contribution >= 4 is 0 Å². The molecule has 0 aliphatic heterocycles. The Labute approximate surface area is 93.7 Å². The van der Waals surface area contributed by atoms with Crippen LogP contribution in [0.1, 0.15) is 22.9 Å². The molecular formula is C12H14FN3. The third kappa shape index (κ3) is 1.97. The van der Waals surface area contributed by atoms with Gasteiger partial charge in [-0.1, -0.05) is 12.1 Å². The van der Waals surface area contributed by atoms with E-state index in [4.69, 9.17) is 5.73 Å². The zero-order valence-electron chi connectivity index (χ0n) is 9.31. The molecule has 84 valence electrons. The van der Waals surface area contributed by atoms with Crippen molar-refractivity contribution in [3.63, 3.8) is 0 Å². The normalized spacial score (nSPS) is 12.8. The second kappa shape index (κ2) is 4.06. The third-order valence-corrected chi connectivity index (χ3v) is 2.59. The van der Waals surface area contributed by atoms with Crippen molar-refractivity contribution in [2.75, 3.05) is 0 Å². The molecule has 0 aliphatic carbocycles. The van der Waals surface area contributed by atoms with Crippen LogP contribution in [0.25, 0.3) is 0 Å². The van der Waals surface area contributed by atoms with E-state index in [0.29, 0.717) is 0 Å². The summed E-state index contributed by atoms with van der Waals surface area (Å²) >= 11 is 0. The Morgan fingerprint density at radius 1 is 1.44 bits per heavy atom. The lowest BCUT2D eigenvalue weighted by Crippen LogP contribution is -2.12. The van der Waals surface area contributed by atoms with Gasteiger partial charge in [0, 0.05) is 18.8 Å². The Balaban J connectivity index is 2.38. The molecule has 2 N–H and O–H groups in total. The summed E-state index contributed by atoms with van der Waals surface area (Å²) in [5.41, 5.74) is 8.64. The Morgan fingerprint density at radius 3 is 2.75 bits per heavy atom. The molecule has 1 atom stereocenters. The van der Waals surface area contributed by atoms with E-state index in [2.05, 4.69) is 5.10 Å². The molecule has 2 rings (SSSR count). The summed E-state index contributed by atoms with van der Waals surface area (Å²) in [7, 11) is 1.84. The number of benzene rings is 1. The molecule has 0 aliphatic rings. The van der Waals surface area contributed by atoms with Crippen molar-refractivity contribution in [1.29, 1.82) is 0 Å². The van der Waals surface area contributed by atoms with E-state index in [1.165, 1.54) is 12.1 Å². The monoisotopic (exact) mass is 219 g/mol. The van der Waals surface area contributed by atoms with Crippen LogP contribution < -0.4 is 5.73 Å². The molecular weight excluding hydrogens is 205 g/mol. The van der Waals surface area contributed by atoms with Gasteiger partial charge in [-0.15, -0.1) is 0 Å². The van der Waals surface area contributed by atoms with Gasteiger partial charge < -0.3 is 5.73 Å². The van der Waals surface area contributed by atoms with Crippen molar-refractivity contribution in [3.8, 4) is 0 Å². The number of aryl methyl sites for hydroxylation is 2. The second-order valence-corrected chi connectivity index (χ2v) is 3.88. The Morgan fingerprint density at radius 2 is 2.19 bits per heavy atom. The van der Waals surface area contributed by atoms with Gasteiger partial charge in [0.25, 0.3) is 0 Å². The molecule has 0 fully saturated rings. The number of hydrogen-bond donors (Lipinski definition) is 1. The first-order chi connectivity index (χ1) is 7.58. The minimum absolute atomic E-state index is 0.269. The summed E-state index contributed by atoms with van der Waals surface area (Å²) in [5.74, 6) is -0.269. The van der Waals surface area contributed by atoms with E-state index in [9.17, 15) is 4.39 Å². The summed E-state index contributed by atoms with van der Waals surface area (Å²) in [5, 5.41) is 4.22. The van der Waals surface area contributed by atoms with Crippen LogP contribution in [0.15, 0.2) is 30.5 Å². The van der Waals surface area contributed by atoms with Crippen molar-refractivity contribution in [3.05, 3.63) is 53.1 Å². The van der Waals surface area contributed by atoms with E-state index in [-0.39, 0.29) is 11.9 Å². The minimum Gasteiger partial charge on any atom is -0.320 e. The van der Waals surface area contributed by atoms with Crippen molar-refractivity contribution < 1.29 is 4.39 Å². The minimum atomic E-state index is -0.329. The van der Waals surface area contributed by atoms with Gasteiger partial charge in [0.1, 0.15) is 5.82 Å². The number of aromatic nitrogens is 2. The fourth-order valence-corrected chi connectivity index (χ4v) is 1.80. The molecule has 1 heterocycles. The summed E-state index contributed by atoms with van der Waals surface area (Å²) in [4.78, 5) is 0. The van der Waals surface area contributed by atoms with Gasteiger partial charge in [0.15, 0.2) is 0 Å². The molecule has 1 unspecified atom stereocenters. The average Bonchev–Trinajstić information content (AvgIpc) is 2.57. The number of rotatable bonds is 2. The maximum absolute atomic E-state index is 13.1. The van der Waals surface area contributed by atoms with E-state index in [0.717, 1.165) is 16.8 Å². The first-order valence-corrected chi connectivity index (χ1v) is 5.09. The van der Waals surface area contributed by atoms with Gasteiger partial charge in [0.05, 0.1) is 11.7 Å². The van der Waals surface area contributed by atoms with Gasteiger partial charge in [0.2, 0.25) is 0 Å². The van der Waals surface area contributed by atoms with E-state index in [1.807, 2.05) is 26.2 Å². The van der Waals surface area contributed by atoms with Crippen molar-refractivity contribution in [2.24, 2.45) is 12.8 Å². The molecule has 0 amide bonds. The first-order valence-electron chi connectivity index (χ1n) is 5.09. The molecule has 0 spiro atoms. The maximum atomic E-state index is 13.1. The molecule has 4 heteroatoms. The van der Waals surface area contributed by atoms with Crippen LogP contribution in [-0.2, 0) is 7.05 Å². The van der Waals surface area contributed by atoms with Crippen LogP contribution in [-0.4, -0.2) is 9.78 Å². The number of nitrogens with zero attached hydrogens (tertiary/aromatic N) is 2. The molecule has 0 saturated carbocycles. The standard InChI is InChI=1S/C12H14FN3/c1-8-11(7-16(2)15-8)12(14)9-4-3-5-10(13)6-9/h3-7,12H,14H2,1-2H3. The lowest BCUT2D eigenvalue weighted by atomic mass is 10.0. The summed E-state index contributed by atoms with van der Waals surface area (Å²) in [6.07, 6.45) is 1.87. The Hall–Kier alpha value is -1.68. The molecule has 0 saturated heterocycles. The van der Waals surface area contributed by atoms with Crippen LogP contribution in [0, 0.1) is 12.7 Å². The molecule has 16 heavy (non-hydrogen) atoms. The zero-order valence-corrected chi connectivity index (χ0v) is 9.31. The molecule has 0 radical (unpaired) electrons. The average molecular weight is 219 g/mol. The van der Waals surface area contributed by atoms with Crippen molar-refractivity contribution in [1.82, 2.24) is 9.78 Å². The van der Waals surface area contributed by atoms with Crippen LogP contribution in [0.3, 0.4) is 0 Å². The lowest BCUT2D eigenvalue weighted by molar-refractivity contribution is 0.623. The van der Waals surface area contributed by atoms with Gasteiger partial charge in [-0.2, -0.15) is 5.10 Å². The van der Waals surface area contributed by atoms with E-state index in [1.54, 1.807) is 10.7 Å². The SMILES string of the molecule is Cc1nn(C)cc1C(N)c1cccc(F)c1. The van der Waals surface area contributed by atoms with E-state index >= 15 is 0 Å². The number of hydrogen-bond acceptors (Lipinski definition) is 2. The maximum Gasteiger partial charge on any atom is 0.123 e. The molecule has 0 bridgehead atoms. The summed E-state index contributed by atoms with van der Waals surface area (Å²) in [6.45, 7) is 1.90. The number of nitrogens with two attached hydrogens (primary N) is 1. The highest BCUT2D eigenvalue weighted by molar-refractivity contribution is 5.32. The largest absolute Gasteiger partial charge is 0.320 e.